The number of alkyl halides is 3. The van der Waals surface area contributed by atoms with Crippen LogP contribution in [0.15, 0.2) is 78.1 Å². The fraction of sp³-hybridized carbons (Fsp3) is 0.0556. The summed E-state index contributed by atoms with van der Waals surface area (Å²) in [6.45, 7) is 0. The quantitative estimate of drug-likeness (QED) is 0.299. The van der Waals surface area contributed by atoms with Gasteiger partial charge in [0.15, 0.2) is 5.78 Å². The van der Waals surface area contributed by atoms with Gasteiger partial charge < -0.3 is 5.11 Å². The van der Waals surface area contributed by atoms with Crippen LogP contribution < -0.4 is 0 Å². The summed E-state index contributed by atoms with van der Waals surface area (Å²) >= 11 is 1.01. The van der Waals surface area contributed by atoms with Gasteiger partial charge in [-0.3, -0.25) is 14.8 Å². The Labute approximate surface area is 191 Å². The first-order valence-corrected chi connectivity index (χ1v) is 8.14. The first-order valence-electron chi connectivity index (χ1n) is 7.26. The van der Waals surface area contributed by atoms with E-state index in [-0.39, 0.29) is 52.7 Å². The Morgan fingerprint density at radius 1 is 0.963 bits per heavy atom. The number of rotatable bonds is 3. The van der Waals surface area contributed by atoms with E-state index in [0.717, 1.165) is 22.7 Å². The van der Waals surface area contributed by atoms with E-state index < -0.39 is 17.7 Å². The zero-order valence-electron chi connectivity index (χ0n) is 13.7. The first kappa shape index (κ1) is 23.4. The molecule has 0 bridgehead atoms. The number of aliphatic hydroxyl groups is 1. The Balaban J connectivity index is 0.000000262. The summed E-state index contributed by atoms with van der Waals surface area (Å²) < 4.78 is 35.4. The normalized spacial score (nSPS) is 11.0. The Morgan fingerprint density at radius 3 is 1.89 bits per heavy atom. The molecule has 27 heavy (non-hydrogen) atoms. The molecule has 0 aliphatic heterocycles. The Morgan fingerprint density at radius 2 is 1.52 bits per heavy atom. The van der Waals surface area contributed by atoms with E-state index in [9.17, 15) is 18.0 Å². The number of allylic oxidation sites excluding steroid dienone is 2. The van der Waals surface area contributed by atoms with E-state index >= 15 is 0 Å². The summed E-state index contributed by atoms with van der Waals surface area (Å²) in [5.74, 6) is -2.73. The van der Waals surface area contributed by atoms with E-state index in [4.69, 9.17) is 5.11 Å². The maximum absolute atomic E-state index is 11.8. The van der Waals surface area contributed by atoms with Crippen LogP contribution in [0, 0.1) is 41.7 Å². The average molecular weight is 518 g/mol. The van der Waals surface area contributed by atoms with Crippen molar-refractivity contribution in [3.05, 3.63) is 83.0 Å². The van der Waals surface area contributed by atoms with Gasteiger partial charge in [-0.2, -0.15) is 13.2 Å². The van der Waals surface area contributed by atoms with Crippen LogP contribution in [0.3, 0.4) is 0 Å². The summed E-state index contributed by atoms with van der Waals surface area (Å²) in [5, 5.41) is 10.0. The van der Waals surface area contributed by atoms with Crippen LogP contribution in [0.1, 0.15) is 9.67 Å². The molecule has 0 unspecified atom stereocenters. The van der Waals surface area contributed by atoms with Gasteiger partial charge in [-0.25, -0.2) is 0 Å². The molecule has 0 radical (unpaired) electrons. The van der Waals surface area contributed by atoms with Gasteiger partial charge in [-0.15, -0.1) is 11.3 Å². The number of hydrogen-bond donors (Lipinski definition) is 1. The van der Waals surface area contributed by atoms with Crippen molar-refractivity contribution in [3.63, 3.8) is 0 Å². The molecular weight excluding hydrogens is 505 g/mol. The second kappa shape index (κ2) is 11.3. The van der Waals surface area contributed by atoms with Gasteiger partial charge in [0.25, 0.3) is 0 Å². The van der Waals surface area contributed by atoms with Crippen LogP contribution in [0.4, 0.5) is 13.2 Å². The summed E-state index contributed by atoms with van der Waals surface area (Å²) in [6, 6.07) is 14.5. The van der Waals surface area contributed by atoms with E-state index in [1.54, 1.807) is 17.8 Å². The average Bonchev–Trinajstić information content (AvgIpc) is 3.18. The van der Waals surface area contributed by atoms with Crippen molar-refractivity contribution in [2.45, 2.75) is 6.18 Å². The van der Waals surface area contributed by atoms with Crippen LogP contribution >= 0.6 is 11.3 Å². The maximum atomic E-state index is 11.8. The molecular formula is C18H13CeF3N2O2S. The minimum absolute atomic E-state index is 0. The zero-order valence-corrected chi connectivity index (χ0v) is 17.7. The monoisotopic (exact) mass is 518 g/mol. The van der Waals surface area contributed by atoms with Gasteiger partial charge in [0.1, 0.15) is 0 Å². The van der Waals surface area contributed by atoms with Crippen molar-refractivity contribution in [2.75, 3.05) is 0 Å². The number of ketones is 1. The summed E-state index contributed by atoms with van der Waals surface area (Å²) in [6.07, 6.45) is -1.16. The molecule has 0 aromatic carbocycles. The molecule has 3 heterocycles. The van der Waals surface area contributed by atoms with E-state index in [1.807, 2.05) is 36.4 Å². The Kier molecular flexibility index (Phi) is 9.78. The fourth-order valence-corrected chi connectivity index (χ4v) is 2.36. The van der Waals surface area contributed by atoms with Gasteiger partial charge in [0.05, 0.1) is 16.3 Å². The molecule has 138 valence electrons. The number of thiophene rings is 1. The molecule has 0 aliphatic rings. The largest absolute Gasteiger partial charge is 0.504 e. The molecule has 3 rings (SSSR count). The van der Waals surface area contributed by atoms with Gasteiger partial charge in [-0.05, 0) is 35.7 Å². The molecule has 0 spiro atoms. The number of halogens is 3. The Hall–Kier alpha value is -1.62. The molecule has 0 saturated carbocycles. The predicted octanol–water partition coefficient (Wildman–Crippen LogP) is 5.08. The van der Waals surface area contributed by atoms with Crippen molar-refractivity contribution in [1.29, 1.82) is 0 Å². The molecule has 0 atom stereocenters. The summed E-state index contributed by atoms with van der Waals surface area (Å²) in [4.78, 5) is 19.6. The van der Waals surface area contributed by atoms with Gasteiger partial charge in [-0.1, -0.05) is 18.2 Å². The molecule has 0 saturated heterocycles. The molecule has 1 N–H and O–H groups in total. The van der Waals surface area contributed by atoms with Gasteiger partial charge >= 0.3 is 6.18 Å². The number of nitrogens with zero attached hydrogens (tertiary/aromatic N) is 2. The van der Waals surface area contributed by atoms with Crippen LogP contribution in [-0.2, 0) is 0 Å². The number of carbonyl (C=O) groups excluding carboxylic acids is 1. The molecule has 0 aliphatic carbocycles. The SMILES string of the molecule is O=C(/C=C(\O)C(F)(F)F)c1cccs1.[Ce].c1ccc(-c2ccccn2)nc1. The van der Waals surface area contributed by atoms with Crippen LogP contribution in [-0.4, -0.2) is 27.0 Å². The Bertz CT molecular complexity index is 818. The van der Waals surface area contributed by atoms with E-state index in [1.165, 1.54) is 12.1 Å². The predicted molar refractivity (Wildman–Crippen MR) is 92.9 cm³/mol. The standard InChI is InChI=1S/C10H8N2.C8H5F3O2S.Ce/c1-3-7-11-9(5-1)10-6-2-4-8-12-10;9-8(10,11)7(13)4-5(12)6-2-1-3-14-6;/h1-8H;1-4,13H;/b;7-4-;. The number of aliphatic hydroxyl groups excluding tert-OH is 1. The second-order valence-electron chi connectivity index (χ2n) is 4.80. The van der Waals surface area contributed by atoms with Crippen molar-refractivity contribution in [1.82, 2.24) is 9.97 Å². The molecule has 3 aromatic rings. The van der Waals surface area contributed by atoms with Crippen LogP contribution in [0.5, 0.6) is 0 Å². The topological polar surface area (TPSA) is 63.1 Å². The summed E-state index contributed by atoms with van der Waals surface area (Å²) in [7, 11) is 0. The van der Waals surface area contributed by atoms with Crippen molar-refractivity contribution >= 4 is 17.1 Å². The third-order valence-electron chi connectivity index (χ3n) is 2.91. The van der Waals surface area contributed by atoms with Crippen LogP contribution in [0.25, 0.3) is 11.4 Å². The molecule has 0 fully saturated rings. The van der Waals surface area contributed by atoms with Gasteiger partial charge in [0, 0.05) is 60.2 Å². The number of hydrogen-bond acceptors (Lipinski definition) is 5. The first-order chi connectivity index (χ1) is 12.4. The number of aromatic nitrogens is 2. The summed E-state index contributed by atoms with van der Waals surface area (Å²) in [5.41, 5.74) is 1.83. The number of pyridine rings is 2. The third-order valence-corrected chi connectivity index (χ3v) is 3.80. The van der Waals surface area contributed by atoms with Crippen molar-refractivity contribution in [3.8, 4) is 11.4 Å². The van der Waals surface area contributed by atoms with Crippen molar-refractivity contribution < 1.29 is 64.8 Å². The van der Waals surface area contributed by atoms with E-state index in [2.05, 4.69) is 9.97 Å². The number of carbonyl (C=O) groups is 1. The minimum atomic E-state index is -4.87. The molecule has 0 amide bonds. The van der Waals surface area contributed by atoms with E-state index in [0.29, 0.717) is 0 Å². The smallest absolute Gasteiger partial charge is 0.448 e. The molecule has 9 heteroatoms. The minimum Gasteiger partial charge on any atom is -0.504 e. The van der Waals surface area contributed by atoms with Crippen LogP contribution in [0.2, 0.25) is 0 Å². The molecule has 4 nitrogen and oxygen atoms in total. The fourth-order valence-electron chi connectivity index (χ4n) is 1.72. The second-order valence-corrected chi connectivity index (χ2v) is 5.75. The van der Waals surface area contributed by atoms with Crippen molar-refractivity contribution in [2.24, 2.45) is 0 Å². The van der Waals surface area contributed by atoms with Gasteiger partial charge in [0.2, 0.25) is 5.76 Å². The maximum Gasteiger partial charge on any atom is 0.448 e. The third kappa shape index (κ3) is 7.87. The zero-order chi connectivity index (χ0) is 19.0. The molecule has 3 aromatic heterocycles.